The Balaban J connectivity index is 2.27. The van der Waals surface area contributed by atoms with Crippen LogP contribution in [0, 0.1) is 6.92 Å². The molecule has 2 rings (SSSR count). The lowest BCUT2D eigenvalue weighted by molar-refractivity contribution is 0.0849. The third kappa shape index (κ3) is 2.89. The second-order valence-electron chi connectivity index (χ2n) is 5.13. The van der Waals surface area contributed by atoms with Crippen LogP contribution in [0.25, 0.3) is 0 Å². The molecule has 0 heterocycles. The summed E-state index contributed by atoms with van der Waals surface area (Å²) < 4.78 is 0. The summed E-state index contributed by atoms with van der Waals surface area (Å²) in [4.78, 5) is 12.4. The zero-order valence-electron chi connectivity index (χ0n) is 11.8. The van der Waals surface area contributed by atoms with Gasteiger partial charge in [0.05, 0.1) is 12.1 Å². The van der Waals surface area contributed by atoms with E-state index in [-0.39, 0.29) is 12.5 Å². The first-order valence-electron chi connectivity index (χ1n) is 6.61. The van der Waals surface area contributed by atoms with Gasteiger partial charge in [-0.1, -0.05) is 48.5 Å². The van der Waals surface area contributed by atoms with Gasteiger partial charge >= 0.3 is 0 Å². The minimum atomic E-state index is -0.791. The Kier molecular flexibility index (Phi) is 4.20. The van der Waals surface area contributed by atoms with Crippen molar-refractivity contribution < 1.29 is 9.90 Å². The molecule has 0 aliphatic carbocycles. The standard InChI is InChI=1S/C17H19NO2/c1-13-8-6-7-11-15(13)16(20)18-17(2,12-19)14-9-4-3-5-10-14/h3-11,19H,12H2,1-2H3,(H,18,20). The van der Waals surface area contributed by atoms with Gasteiger partial charge in [0.2, 0.25) is 0 Å². The third-order valence-corrected chi connectivity index (χ3v) is 3.51. The molecule has 0 fully saturated rings. The average Bonchev–Trinajstić information content (AvgIpc) is 2.48. The lowest BCUT2D eigenvalue weighted by Crippen LogP contribution is -2.46. The molecule has 0 saturated carbocycles. The first-order chi connectivity index (χ1) is 9.57. The van der Waals surface area contributed by atoms with Crippen LogP contribution in [0.1, 0.15) is 28.4 Å². The predicted octanol–water partition coefficient (Wildman–Crippen LogP) is 2.63. The summed E-state index contributed by atoms with van der Waals surface area (Å²) >= 11 is 0. The van der Waals surface area contributed by atoms with Crippen LogP contribution in [0.4, 0.5) is 0 Å². The van der Waals surface area contributed by atoms with Gasteiger partial charge in [0.1, 0.15) is 0 Å². The van der Waals surface area contributed by atoms with Gasteiger partial charge in [-0.05, 0) is 31.0 Å². The zero-order chi connectivity index (χ0) is 14.6. The fraction of sp³-hybridized carbons (Fsp3) is 0.235. The highest BCUT2D eigenvalue weighted by Crippen LogP contribution is 2.21. The summed E-state index contributed by atoms with van der Waals surface area (Å²) in [7, 11) is 0. The van der Waals surface area contributed by atoms with Crippen LogP contribution in [0.3, 0.4) is 0 Å². The minimum absolute atomic E-state index is 0.158. The van der Waals surface area contributed by atoms with Crippen LogP contribution in [0.2, 0.25) is 0 Å². The fourth-order valence-corrected chi connectivity index (χ4v) is 2.15. The molecule has 0 bridgehead atoms. The lowest BCUT2D eigenvalue weighted by Gasteiger charge is -2.29. The average molecular weight is 269 g/mol. The summed E-state index contributed by atoms with van der Waals surface area (Å²) in [5, 5.41) is 12.6. The van der Waals surface area contributed by atoms with Crippen molar-refractivity contribution in [3.05, 3.63) is 71.3 Å². The molecule has 0 aliphatic heterocycles. The first-order valence-corrected chi connectivity index (χ1v) is 6.61. The van der Waals surface area contributed by atoms with E-state index >= 15 is 0 Å². The van der Waals surface area contributed by atoms with E-state index in [1.807, 2.05) is 62.4 Å². The van der Waals surface area contributed by atoms with Gasteiger partial charge in [-0.15, -0.1) is 0 Å². The fourth-order valence-electron chi connectivity index (χ4n) is 2.15. The molecule has 2 N–H and O–H groups in total. The number of hydrogen-bond acceptors (Lipinski definition) is 2. The van der Waals surface area contributed by atoms with Crippen molar-refractivity contribution in [2.75, 3.05) is 6.61 Å². The minimum Gasteiger partial charge on any atom is -0.394 e. The summed E-state index contributed by atoms with van der Waals surface area (Å²) in [6.45, 7) is 3.56. The SMILES string of the molecule is Cc1ccccc1C(=O)NC(C)(CO)c1ccccc1. The van der Waals surface area contributed by atoms with Crippen molar-refractivity contribution in [3.8, 4) is 0 Å². The topological polar surface area (TPSA) is 49.3 Å². The van der Waals surface area contributed by atoms with Crippen LogP contribution < -0.4 is 5.32 Å². The van der Waals surface area contributed by atoms with E-state index in [1.165, 1.54) is 0 Å². The van der Waals surface area contributed by atoms with Crippen LogP contribution in [0.15, 0.2) is 54.6 Å². The lowest BCUT2D eigenvalue weighted by atomic mass is 9.92. The molecule has 1 amide bonds. The Morgan fingerprint density at radius 3 is 2.30 bits per heavy atom. The maximum Gasteiger partial charge on any atom is 0.252 e. The van der Waals surface area contributed by atoms with Gasteiger partial charge in [-0.25, -0.2) is 0 Å². The van der Waals surface area contributed by atoms with E-state index < -0.39 is 5.54 Å². The molecule has 2 aromatic rings. The molecule has 3 heteroatoms. The smallest absolute Gasteiger partial charge is 0.252 e. The largest absolute Gasteiger partial charge is 0.394 e. The Morgan fingerprint density at radius 2 is 1.70 bits per heavy atom. The van der Waals surface area contributed by atoms with Crippen molar-refractivity contribution >= 4 is 5.91 Å². The molecule has 1 unspecified atom stereocenters. The second kappa shape index (κ2) is 5.88. The molecule has 0 aliphatic rings. The molecule has 104 valence electrons. The van der Waals surface area contributed by atoms with Gasteiger partial charge in [0.15, 0.2) is 0 Å². The molecule has 3 nitrogen and oxygen atoms in total. The summed E-state index contributed by atoms with van der Waals surface area (Å²) in [6, 6.07) is 16.9. The van der Waals surface area contributed by atoms with Crippen molar-refractivity contribution in [2.24, 2.45) is 0 Å². The van der Waals surface area contributed by atoms with Crippen LogP contribution in [-0.4, -0.2) is 17.6 Å². The van der Waals surface area contributed by atoms with Crippen LogP contribution >= 0.6 is 0 Å². The number of carbonyl (C=O) groups is 1. The molecule has 0 saturated heterocycles. The number of aliphatic hydroxyl groups excluding tert-OH is 1. The molecular weight excluding hydrogens is 250 g/mol. The second-order valence-corrected chi connectivity index (χ2v) is 5.13. The molecule has 2 aromatic carbocycles. The van der Waals surface area contributed by atoms with Gasteiger partial charge < -0.3 is 10.4 Å². The zero-order valence-corrected chi connectivity index (χ0v) is 11.8. The number of aliphatic hydroxyl groups is 1. The third-order valence-electron chi connectivity index (χ3n) is 3.51. The Bertz CT molecular complexity index is 595. The predicted molar refractivity (Wildman–Crippen MR) is 79.5 cm³/mol. The van der Waals surface area contributed by atoms with Crippen molar-refractivity contribution in [2.45, 2.75) is 19.4 Å². The number of rotatable bonds is 4. The summed E-state index contributed by atoms with van der Waals surface area (Å²) in [6.07, 6.45) is 0. The Hall–Kier alpha value is -2.13. The van der Waals surface area contributed by atoms with Gasteiger partial charge in [0.25, 0.3) is 5.91 Å². The van der Waals surface area contributed by atoms with Crippen molar-refractivity contribution in [3.63, 3.8) is 0 Å². The van der Waals surface area contributed by atoms with E-state index in [4.69, 9.17) is 0 Å². The monoisotopic (exact) mass is 269 g/mol. The van der Waals surface area contributed by atoms with Crippen molar-refractivity contribution in [1.29, 1.82) is 0 Å². The summed E-state index contributed by atoms with van der Waals surface area (Å²) in [5.74, 6) is -0.177. The quantitative estimate of drug-likeness (QED) is 0.896. The molecule has 0 radical (unpaired) electrons. The van der Waals surface area contributed by atoms with Gasteiger partial charge in [-0.2, -0.15) is 0 Å². The molecule has 0 aromatic heterocycles. The Morgan fingerprint density at radius 1 is 1.10 bits per heavy atom. The van der Waals surface area contributed by atoms with E-state index in [2.05, 4.69) is 5.32 Å². The van der Waals surface area contributed by atoms with Crippen molar-refractivity contribution in [1.82, 2.24) is 5.32 Å². The maximum atomic E-state index is 12.4. The molecule has 1 atom stereocenters. The highest BCUT2D eigenvalue weighted by atomic mass is 16.3. The van der Waals surface area contributed by atoms with E-state index in [0.29, 0.717) is 5.56 Å². The number of amides is 1. The number of carbonyl (C=O) groups excluding carboxylic acids is 1. The molecule has 0 spiro atoms. The van der Waals surface area contributed by atoms with Crippen LogP contribution in [0.5, 0.6) is 0 Å². The highest BCUT2D eigenvalue weighted by Gasteiger charge is 2.28. The summed E-state index contributed by atoms with van der Waals surface area (Å²) in [5.41, 5.74) is 1.63. The first kappa shape index (κ1) is 14.3. The number of hydrogen-bond donors (Lipinski definition) is 2. The van der Waals surface area contributed by atoms with E-state index in [9.17, 15) is 9.90 Å². The number of aryl methyl sites for hydroxylation is 1. The van der Waals surface area contributed by atoms with E-state index in [1.54, 1.807) is 6.07 Å². The van der Waals surface area contributed by atoms with Gasteiger partial charge in [0, 0.05) is 5.56 Å². The number of nitrogens with one attached hydrogen (secondary N) is 1. The highest BCUT2D eigenvalue weighted by molar-refractivity contribution is 5.96. The molecule has 20 heavy (non-hydrogen) atoms. The normalized spacial score (nSPS) is 13.6. The van der Waals surface area contributed by atoms with Crippen LogP contribution in [-0.2, 0) is 5.54 Å². The van der Waals surface area contributed by atoms with E-state index in [0.717, 1.165) is 11.1 Å². The Labute approximate surface area is 119 Å². The number of benzene rings is 2. The van der Waals surface area contributed by atoms with Gasteiger partial charge in [-0.3, -0.25) is 4.79 Å². The maximum absolute atomic E-state index is 12.4. The molecular formula is C17H19NO2.